The predicted molar refractivity (Wildman–Crippen MR) is 119 cm³/mol. The van der Waals surface area contributed by atoms with Crippen molar-refractivity contribution in [1.29, 1.82) is 0 Å². The van der Waals surface area contributed by atoms with Crippen molar-refractivity contribution in [2.75, 3.05) is 12.8 Å². The summed E-state index contributed by atoms with van der Waals surface area (Å²) in [5.41, 5.74) is -0.596. The van der Waals surface area contributed by atoms with Crippen LogP contribution in [0.25, 0.3) is 0 Å². The molecule has 176 valence electrons. The minimum atomic E-state index is -4.56. The smallest absolute Gasteiger partial charge is 0.350 e. The van der Waals surface area contributed by atoms with Crippen LogP contribution in [0.2, 0.25) is 0 Å². The number of alkyl halides is 3. The van der Waals surface area contributed by atoms with Crippen LogP contribution in [0, 0.1) is 0 Å². The van der Waals surface area contributed by atoms with Crippen molar-refractivity contribution in [2.45, 2.75) is 42.4 Å². The molecule has 2 aromatic rings. The lowest BCUT2D eigenvalue weighted by Crippen LogP contribution is -2.50. The lowest BCUT2D eigenvalue weighted by Gasteiger charge is -2.22. The number of rotatable bonds is 7. The molecule has 6 nitrogen and oxygen atoms in total. The van der Waals surface area contributed by atoms with Gasteiger partial charge in [0.15, 0.2) is 0 Å². The second-order valence-corrected chi connectivity index (χ2v) is 8.55. The predicted octanol–water partition coefficient (Wildman–Crippen LogP) is 3.62. The Kier molecular flexibility index (Phi) is 8.01. The Hall–Kier alpha value is -3.01. The van der Waals surface area contributed by atoms with Gasteiger partial charge in [-0.25, -0.2) is 0 Å². The molecule has 0 unspecified atom stereocenters. The van der Waals surface area contributed by atoms with Gasteiger partial charge < -0.3 is 16.0 Å². The van der Waals surface area contributed by atoms with E-state index in [1.165, 1.54) is 6.07 Å². The van der Waals surface area contributed by atoms with Crippen LogP contribution in [0.15, 0.2) is 53.4 Å². The first-order valence-electron chi connectivity index (χ1n) is 10.4. The van der Waals surface area contributed by atoms with E-state index < -0.39 is 23.6 Å². The summed E-state index contributed by atoms with van der Waals surface area (Å²) in [5.74, 6) is -1.49. The third-order valence-electron chi connectivity index (χ3n) is 5.39. The Labute approximate surface area is 193 Å². The topological polar surface area (TPSA) is 87.3 Å². The van der Waals surface area contributed by atoms with Gasteiger partial charge in [0.25, 0.3) is 11.8 Å². The lowest BCUT2D eigenvalue weighted by atomic mass is 10.1. The highest BCUT2D eigenvalue weighted by molar-refractivity contribution is 7.98. The fourth-order valence-corrected chi connectivity index (χ4v) is 4.07. The van der Waals surface area contributed by atoms with Crippen LogP contribution in [0.5, 0.6) is 0 Å². The molecule has 0 radical (unpaired) electrons. The molecule has 1 fully saturated rings. The van der Waals surface area contributed by atoms with Gasteiger partial charge in [-0.1, -0.05) is 6.07 Å². The average Bonchev–Trinajstić information content (AvgIpc) is 3.23. The molecule has 0 saturated heterocycles. The van der Waals surface area contributed by atoms with Crippen LogP contribution in [0.1, 0.15) is 45.5 Å². The fraction of sp³-hybridized carbons (Fsp3) is 0.348. The Morgan fingerprint density at radius 1 is 0.939 bits per heavy atom. The van der Waals surface area contributed by atoms with E-state index in [4.69, 9.17) is 0 Å². The lowest BCUT2D eigenvalue weighted by molar-refractivity contribution is -0.137. The summed E-state index contributed by atoms with van der Waals surface area (Å²) in [6.45, 7) is -0.387. The molecule has 0 spiro atoms. The van der Waals surface area contributed by atoms with Crippen LogP contribution in [-0.2, 0) is 11.0 Å². The van der Waals surface area contributed by atoms with Gasteiger partial charge in [-0.05, 0) is 68.0 Å². The number of benzene rings is 2. The molecular formula is C23H24F3N3O3S. The quantitative estimate of drug-likeness (QED) is 0.530. The van der Waals surface area contributed by atoms with Gasteiger partial charge in [0.2, 0.25) is 5.91 Å². The zero-order chi connectivity index (χ0) is 24.0. The molecular weight excluding hydrogens is 455 g/mol. The van der Waals surface area contributed by atoms with E-state index in [-0.39, 0.29) is 30.1 Å². The highest BCUT2D eigenvalue weighted by Crippen LogP contribution is 2.29. The second-order valence-electron chi connectivity index (χ2n) is 7.67. The number of thioether (sulfide) groups is 1. The molecule has 0 aromatic heterocycles. The maximum atomic E-state index is 12.8. The van der Waals surface area contributed by atoms with Gasteiger partial charge in [-0.2, -0.15) is 13.2 Å². The molecule has 0 heterocycles. The third-order valence-corrected chi connectivity index (χ3v) is 6.14. The van der Waals surface area contributed by atoms with E-state index in [2.05, 4.69) is 16.0 Å². The molecule has 2 atom stereocenters. The fourth-order valence-electron chi connectivity index (χ4n) is 3.66. The van der Waals surface area contributed by atoms with Crippen molar-refractivity contribution in [1.82, 2.24) is 16.0 Å². The summed E-state index contributed by atoms with van der Waals surface area (Å²) in [5, 5.41) is 8.08. The molecule has 3 N–H and O–H groups in total. The molecule has 1 aliphatic carbocycles. The number of halogens is 3. The summed E-state index contributed by atoms with van der Waals surface area (Å²) in [6, 6.07) is 10.7. The zero-order valence-corrected chi connectivity index (χ0v) is 18.7. The van der Waals surface area contributed by atoms with Crippen molar-refractivity contribution in [3.8, 4) is 0 Å². The summed E-state index contributed by atoms with van der Waals surface area (Å²) in [7, 11) is 0. The Morgan fingerprint density at radius 3 is 2.24 bits per heavy atom. The Balaban J connectivity index is 1.51. The van der Waals surface area contributed by atoms with Gasteiger partial charge in [0.05, 0.1) is 12.1 Å². The van der Waals surface area contributed by atoms with Crippen LogP contribution < -0.4 is 16.0 Å². The summed E-state index contributed by atoms with van der Waals surface area (Å²) >= 11 is 1.58. The maximum Gasteiger partial charge on any atom is 0.416 e. The average molecular weight is 480 g/mol. The second kappa shape index (κ2) is 10.7. The molecule has 2 aromatic carbocycles. The zero-order valence-electron chi connectivity index (χ0n) is 17.9. The first kappa shape index (κ1) is 24.6. The minimum Gasteiger partial charge on any atom is -0.350 e. The number of hydrogen-bond donors (Lipinski definition) is 3. The first-order valence-corrected chi connectivity index (χ1v) is 11.6. The maximum absolute atomic E-state index is 12.8. The van der Waals surface area contributed by atoms with E-state index in [1.54, 1.807) is 23.9 Å². The van der Waals surface area contributed by atoms with Gasteiger partial charge in [-0.15, -0.1) is 11.8 Å². The summed E-state index contributed by atoms with van der Waals surface area (Å²) < 4.78 is 38.4. The molecule has 3 rings (SSSR count). The number of carbonyl (C=O) groups is 3. The highest BCUT2D eigenvalue weighted by atomic mass is 32.2. The highest BCUT2D eigenvalue weighted by Gasteiger charge is 2.31. The standard InChI is InChI=1S/C23H24F3N3O3S/c1-33-17-10-8-14(9-11-17)22(32)29-19-7-3-6-18(19)28-20(30)13-27-21(31)15-4-2-5-16(12-15)23(24,25)26/h2,4-5,8-12,18-19H,3,6-7,13H2,1H3,(H,27,31)(H,28,30)(H,29,32)/t18-,19-/m0/s1. The number of hydrogen-bond acceptors (Lipinski definition) is 4. The normalized spacial score (nSPS) is 17.9. The van der Waals surface area contributed by atoms with Crippen molar-refractivity contribution >= 4 is 29.5 Å². The van der Waals surface area contributed by atoms with Gasteiger partial charge >= 0.3 is 6.18 Å². The van der Waals surface area contributed by atoms with Crippen LogP contribution in [-0.4, -0.2) is 42.6 Å². The number of nitrogens with one attached hydrogen (secondary N) is 3. The van der Waals surface area contributed by atoms with E-state index in [0.29, 0.717) is 18.4 Å². The summed E-state index contributed by atoms with van der Waals surface area (Å²) in [4.78, 5) is 38.1. The van der Waals surface area contributed by atoms with Crippen molar-refractivity contribution in [3.63, 3.8) is 0 Å². The largest absolute Gasteiger partial charge is 0.416 e. The van der Waals surface area contributed by atoms with Gasteiger partial charge in [-0.3, -0.25) is 14.4 Å². The Morgan fingerprint density at radius 2 is 1.61 bits per heavy atom. The summed E-state index contributed by atoms with van der Waals surface area (Å²) in [6.07, 6.45) is -0.423. The van der Waals surface area contributed by atoms with Gasteiger partial charge in [0.1, 0.15) is 0 Å². The minimum absolute atomic E-state index is 0.184. The van der Waals surface area contributed by atoms with E-state index >= 15 is 0 Å². The number of amides is 3. The molecule has 33 heavy (non-hydrogen) atoms. The molecule has 3 amide bonds. The SMILES string of the molecule is CSc1ccc(C(=O)N[C@H]2CCC[C@@H]2NC(=O)CNC(=O)c2cccc(C(F)(F)F)c2)cc1. The first-order chi connectivity index (χ1) is 15.7. The van der Waals surface area contributed by atoms with Crippen molar-refractivity contribution in [3.05, 3.63) is 65.2 Å². The van der Waals surface area contributed by atoms with E-state index in [9.17, 15) is 27.6 Å². The monoisotopic (exact) mass is 479 g/mol. The molecule has 10 heteroatoms. The molecule has 0 bridgehead atoms. The van der Waals surface area contributed by atoms with E-state index in [0.717, 1.165) is 29.5 Å². The van der Waals surface area contributed by atoms with Crippen molar-refractivity contribution in [2.24, 2.45) is 0 Å². The van der Waals surface area contributed by atoms with Crippen molar-refractivity contribution < 1.29 is 27.6 Å². The van der Waals surface area contributed by atoms with E-state index in [1.807, 2.05) is 18.4 Å². The Bertz CT molecular complexity index is 1010. The molecule has 1 aliphatic rings. The number of carbonyl (C=O) groups excluding carboxylic acids is 3. The van der Waals surface area contributed by atoms with Crippen LogP contribution in [0.3, 0.4) is 0 Å². The molecule has 1 saturated carbocycles. The van der Waals surface area contributed by atoms with Crippen LogP contribution >= 0.6 is 11.8 Å². The third kappa shape index (κ3) is 6.74. The van der Waals surface area contributed by atoms with Gasteiger partial charge in [0, 0.05) is 28.1 Å². The molecule has 0 aliphatic heterocycles. The van der Waals surface area contributed by atoms with Crippen LogP contribution in [0.4, 0.5) is 13.2 Å².